The highest BCUT2D eigenvalue weighted by Gasteiger charge is 2.35. The summed E-state index contributed by atoms with van der Waals surface area (Å²) < 4.78 is 5.48. The van der Waals surface area contributed by atoms with Gasteiger partial charge in [0.25, 0.3) is 0 Å². The molecular formula is C21H23NO5. The van der Waals surface area contributed by atoms with Crippen LogP contribution in [0.25, 0.3) is 0 Å². The van der Waals surface area contributed by atoms with Crippen LogP contribution in [0.1, 0.15) is 58.0 Å². The van der Waals surface area contributed by atoms with Crippen LogP contribution in [0.3, 0.4) is 0 Å². The van der Waals surface area contributed by atoms with Crippen molar-refractivity contribution in [3.05, 3.63) is 52.6 Å². The van der Waals surface area contributed by atoms with Crippen molar-refractivity contribution in [1.82, 2.24) is 0 Å². The van der Waals surface area contributed by atoms with Crippen LogP contribution >= 0.6 is 0 Å². The van der Waals surface area contributed by atoms with Gasteiger partial charge in [0.1, 0.15) is 5.75 Å². The predicted octanol–water partition coefficient (Wildman–Crippen LogP) is 3.49. The first kappa shape index (κ1) is 18.9. The van der Waals surface area contributed by atoms with E-state index in [1.807, 2.05) is 0 Å². The number of rotatable bonds is 8. The van der Waals surface area contributed by atoms with Gasteiger partial charge in [-0.3, -0.25) is 9.59 Å². The lowest BCUT2D eigenvalue weighted by molar-refractivity contribution is 0.0974. The van der Waals surface area contributed by atoms with E-state index in [2.05, 4.69) is 12.2 Å². The van der Waals surface area contributed by atoms with Crippen molar-refractivity contribution in [2.24, 2.45) is 0 Å². The third kappa shape index (κ3) is 3.66. The van der Waals surface area contributed by atoms with Crippen LogP contribution in [0, 0.1) is 0 Å². The second-order valence-electron chi connectivity index (χ2n) is 6.49. The first-order chi connectivity index (χ1) is 13.1. The van der Waals surface area contributed by atoms with Gasteiger partial charge in [-0.05, 0) is 12.8 Å². The van der Waals surface area contributed by atoms with Crippen molar-refractivity contribution in [3.8, 4) is 11.5 Å². The largest absolute Gasteiger partial charge is 0.507 e. The second-order valence-corrected chi connectivity index (χ2v) is 6.49. The Balaban J connectivity index is 1.79. The fourth-order valence-corrected chi connectivity index (χ4v) is 3.14. The number of hydrogen-bond donors (Lipinski definition) is 3. The van der Waals surface area contributed by atoms with Crippen LogP contribution in [0.4, 0.5) is 5.69 Å². The molecule has 2 aromatic rings. The maximum absolute atomic E-state index is 12.8. The van der Waals surface area contributed by atoms with E-state index >= 15 is 0 Å². The molecule has 0 bridgehead atoms. The number of fused-ring (bicyclic) bond motifs is 2. The molecule has 0 saturated carbocycles. The molecule has 0 spiro atoms. The van der Waals surface area contributed by atoms with Crippen LogP contribution in [-0.4, -0.2) is 41.5 Å². The van der Waals surface area contributed by atoms with E-state index in [0.29, 0.717) is 19.6 Å². The molecule has 0 radical (unpaired) electrons. The van der Waals surface area contributed by atoms with Crippen LogP contribution in [0.15, 0.2) is 30.3 Å². The quantitative estimate of drug-likeness (QED) is 0.320. The Morgan fingerprint density at radius 2 is 1.59 bits per heavy atom. The SMILES string of the molecule is CCCCOCCCNc1cc(O)c2c(c1O)C(=O)c1ccccc1C2=O. The van der Waals surface area contributed by atoms with Crippen LogP contribution in [-0.2, 0) is 4.74 Å². The highest BCUT2D eigenvalue weighted by Crippen LogP contribution is 2.42. The Morgan fingerprint density at radius 3 is 2.26 bits per heavy atom. The normalized spacial score (nSPS) is 12.6. The minimum atomic E-state index is -0.473. The van der Waals surface area contributed by atoms with E-state index in [-0.39, 0.29) is 39.4 Å². The number of unbranched alkanes of at least 4 members (excludes halogenated alkanes) is 1. The smallest absolute Gasteiger partial charge is 0.198 e. The number of phenolic OH excluding ortho intramolecular Hbond substituents is 2. The average Bonchev–Trinajstić information content (AvgIpc) is 2.67. The van der Waals surface area contributed by atoms with E-state index in [1.165, 1.54) is 6.07 Å². The molecule has 0 aromatic heterocycles. The fraction of sp³-hybridized carbons (Fsp3) is 0.333. The van der Waals surface area contributed by atoms with Crippen LogP contribution in [0.5, 0.6) is 11.5 Å². The molecule has 3 rings (SSSR count). The minimum Gasteiger partial charge on any atom is -0.507 e. The Hall–Kier alpha value is -2.86. The molecular weight excluding hydrogens is 346 g/mol. The zero-order valence-electron chi connectivity index (χ0n) is 15.2. The van der Waals surface area contributed by atoms with Gasteiger partial charge in [-0.25, -0.2) is 0 Å². The summed E-state index contributed by atoms with van der Waals surface area (Å²) in [5.74, 6) is -1.58. The molecule has 0 saturated heterocycles. The number of anilines is 1. The van der Waals surface area contributed by atoms with Crippen LogP contribution in [0.2, 0.25) is 0 Å². The lowest BCUT2D eigenvalue weighted by Gasteiger charge is -2.21. The molecule has 1 aliphatic carbocycles. The van der Waals surface area contributed by atoms with E-state index in [9.17, 15) is 19.8 Å². The summed E-state index contributed by atoms with van der Waals surface area (Å²) >= 11 is 0. The maximum atomic E-state index is 12.8. The Labute approximate surface area is 157 Å². The van der Waals surface area contributed by atoms with Crippen molar-refractivity contribution in [1.29, 1.82) is 0 Å². The summed E-state index contributed by atoms with van der Waals surface area (Å²) in [4.78, 5) is 25.4. The van der Waals surface area contributed by atoms with Crippen molar-refractivity contribution >= 4 is 17.3 Å². The number of ketones is 2. The molecule has 0 heterocycles. The first-order valence-electron chi connectivity index (χ1n) is 9.15. The molecule has 27 heavy (non-hydrogen) atoms. The van der Waals surface area contributed by atoms with E-state index < -0.39 is 11.6 Å². The van der Waals surface area contributed by atoms with Gasteiger partial charge < -0.3 is 20.3 Å². The molecule has 0 aliphatic heterocycles. The van der Waals surface area contributed by atoms with Crippen molar-refractivity contribution in [3.63, 3.8) is 0 Å². The maximum Gasteiger partial charge on any atom is 0.198 e. The minimum absolute atomic E-state index is 0.148. The lowest BCUT2D eigenvalue weighted by atomic mass is 9.82. The van der Waals surface area contributed by atoms with Gasteiger partial charge in [-0.1, -0.05) is 37.6 Å². The van der Waals surface area contributed by atoms with Gasteiger partial charge in [-0.15, -0.1) is 0 Å². The zero-order valence-corrected chi connectivity index (χ0v) is 15.2. The van der Waals surface area contributed by atoms with Crippen molar-refractivity contribution < 1.29 is 24.5 Å². The number of hydrogen-bond acceptors (Lipinski definition) is 6. The molecule has 2 aromatic carbocycles. The number of carbonyl (C=O) groups excluding carboxylic acids is 2. The summed E-state index contributed by atoms with van der Waals surface area (Å²) in [6.45, 7) is 3.89. The highest BCUT2D eigenvalue weighted by atomic mass is 16.5. The van der Waals surface area contributed by atoms with E-state index in [1.54, 1.807) is 24.3 Å². The summed E-state index contributed by atoms with van der Waals surface area (Å²) in [5.41, 5.74) is 0.381. The van der Waals surface area contributed by atoms with Gasteiger partial charge in [-0.2, -0.15) is 0 Å². The number of phenols is 2. The number of ether oxygens (including phenoxy) is 1. The van der Waals surface area contributed by atoms with Gasteiger partial charge in [0.15, 0.2) is 17.3 Å². The highest BCUT2D eigenvalue weighted by molar-refractivity contribution is 6.30. The third-order valence-electron chi connectivity index (χ3n) is 4.57. The van der Waals surface area contributed by atoms with E-state index in [0.717, 1.165) is 19.4 Å². The van der Waals surface area contributed by atoms with Crippen molar-refractivity contribution in [2.75, 3.05) is 25.1 Å². The molecule has 142 valence electrons. The Morgan fingerprint density at radius 1 is 0.963 bits per heavy atom. The summed E-state index contributed by atoms with van der Waals surface area (Å²) in [6, 6.07) is 7.69. The van der Waals surface area contributed by atoms with E-state index in [4.69, 9.17) is 4.74 Å². The zero-order chi connectivity index (χ0) is 19.4. The summed E-state index contributed by atoms with van der Waals surface area (Å²) in [6.07, 6.45) is 2.80. The summed E-state index contributed by atoms with van der Waals surface area (Å²) in [5, 5.41) is 23.9. The molecule has 0 unspecified atom stereocenters. The Bertz CT molecular complexity index is 875. The molecule has 1 aliphatic rings. The van der Waals surface area contributed by atoms with Gasteiger partial charge in [0, 0.05) is 37.0 Å². The van der Waals surface area contributed by atoms with Gasteiger partial charge in [0.05, 0.1) is 16.8 Å². The molecule has 0 fully saturated rings. The summed E-state index contributed by atoms with van der Waals surface area (Å²) in [7, 11) is 0. The lowest BCUT2D eigenvalue weighted by Crippen LogP contribution is -2.21. The van der Waals surface area contributed by atoms with Crippen LogP contribution < -0.4 is 5.32 Å². The number of benzene rings is 2. The average molecular weight is 369 g/mol. The van der Waals surface area contributed by atoms with Gasteiger partial charge in [0.2, 0.25) is 0 Å². The van der Waals surface area contributed by atoms with Gasteiger partial charge >= 0.3 is 0 Å². The number of nitrogens with one attached hydrogen (secondary N) is 1. The molecule has 3 N–H and O–H groups in total. The number of aromatic hydroxyl groups is 2. The third-order valence-corrected chi connectivity index (χ3v) is 4.57. The number of carbonyl (C=O) groups is 2. The monoisotopic (exact) mass is 369 g/mol. The predicted molar refractivity (Wildman–Crippen MR) is 102 cm³/mol. The Kier molecular flexibility index (Phi) is 5.76. The molecule has 0 atom stereocenters. The van der Waals surface area contributed by atoms with Crippen molar-refractivity contribution in [2.45, 2.75) is 26.2 Å². The molecule has 6 nitrogen and oxygen atoms in total. The standard InChI is InChI=1S/C21H23NO5/c1-2-3-10-27-11-6-9-22-15-12-16(23)17-18(21(15)26)20(25)14-8-5-4-7-13(14)19(17)24/h4-5,7-8,12,22-23,26H,2-3,6,9-11H2,1H3. The first-order valence-corrected chi connectivity index (χ1v) is 9.15. The molecule has 6 heteroatoms. The second kappa shape index (κ2) is 8.22. The fourth-order valence-electron chi connectivity index (χ4n) is 3.14. The topological polar surface area (TPSA) is 95.9 Å². The molecule has 0 amide bonds.